The summed E-state index contributed by atoms with van der Waals surface area (Å²) in [6, 6.07) is 11.3. The monoisotopic (exact) mass is 341 g/mol. The van der Waals surface area contributed by atoms with Crippen molar-refractivity contribution >= 4 is 11.9 Å². The van der Waals surface area contributed by atoms with Crippen molar-refractivity contribution in [3.63, 3.8) is 0 Å². The summed E-state index contributed by atoms with van der Waals surface area (Å²) in [5.41, 5.74) is 1.18. The molecule has 7 heteroatoms. The van der Waals surface area contributed by atoms with Gasteiger partial charge < -0.3 is 14.7 Å². The second-order valence-corrected chi connectivity index (χ2v) is 6.49. The van der Waals surface area contributed by atoms with E-state index in [1.54, 1.807) is 4.90 Å². The van der Waals surface area contributed by atoms with Crippen LogP contribution in [0.3, 0.4) is 0 Å². The standard InChI is InChI=1S/C18H19N3O4/c22-17(12-9-13(18(23)24)20-19-12)21-8-4-7-15-14(21)10-16(25-15)11-5-2-1-3-6-11/h1-3,5-6,9,14-16H,4,7-8,10H2,(H,19,20)(H,23,24)/t14-,15-,16-/m0/s1. The minimum Gasteiger partial charge on any atom is -0.477 e. The third-order valence-corrected chi connectivity index (χ3v) is 4.97. The quantitative estimate of drug-likeness (QED) is 0.893. The summed E-state index contributed by atoms with van der Waals surface area (Å²) < 4.78 is 6.19. The first kappa shape index (κ1) is 15.8. The highest BCUT2D eigenvalue weighted by atomic mass is 16.5. The lowest BCUT2D eigenvalue weighted by molar-refractivity contribution is -0.00130. The lowest BCUT2D eigenvalue weighted by Crippen LogP contribution is -2.48. The van der Waals surface area contributed by atoms with Gasteiger partial charge in [-0.05, 0) is 18.4 Å². The fourth-order valence-corrected chi connectivity index (χ4v) is 3.77. The number of H-pyrrole nitrogens is 1. The molecule has 1 aromatic carbocycles. The second kappa shape index (κ2) is 6.33. The number of carboxylic acid groups (broad SMARTS) is 1. The number of aromatic amines is 1. The van der Waals surface area contributed by atoms with E-state index in [1.165, 1.54) is 6.07 Å². The van der Waals surface area contributed by atoms with Gasteiger partial charge in [0, 0.05) is 19.0 Å². The Labute approximate surface area is 144 Å². The number of fused-ring (bicyclic) bond motifs is 1. The van der Waals surface area contributed by atoms with Gasteiger partial charge in [-0.3, -0.25) is 9.89 Å². The first-order valence-electron chi connectivity index (χ1n) is 8.43. The minimum atomic E-state index is -1.13. The van der Waals surface area contributed by atoms with Crippen LogP contribution in [0.15, 0.2) is 36.4 Å². The number of ether oxygens (including phenoxy) is 1. The molecule has 7 nitrogen and oxygen atoms in total. The maximum absolute atomic E-state index is 12.8. The number of hydrogen-bond donors (Lipinski definition) is 2. The molecule has 2 fully saturated rings. The number of nitrogens with one attached hydrogen (secondary N) is 1. The van der Waals surface area contributed by atoms with E-state index >= 15 is 0 Å². The zero-order valence-electron chi connectivity index (χ0n) is 13.6. The average molecular weight is 341 g/mol. The van der Waals surface area contributed by atoms with Gasteiger partial charge in [-0.2, -0.15) is 5.10 Å². The van der Waals surface area contributed by atoms with Gasteiger partial charge in [0.15, 0.2) is 5.69 Å². The average Bonchev–Trinajstić information content (AvgIpc) is 3.28. The fraction of sp³-hybridized carbons (Fsp3) is 0.389. The molecule has 0 spiro atoms. The number of piperidine rings is 1. The summed E-state index contributed by atoms with van der Waals surface area (Å²) in [6.07, 6.45) is 2.54. The summed E-state index contributed by atoms with van der Waals surface area (Å²) in [5.74, 6) is -1.37. The van der Waals surface area contributed by atoms with Gasteiger partial charge >= 0.3 is 5.97 Å². The van der Waals surface area contributed by atoms with Crippen molar-refractivity contribution in [2.75, 3.05) is 6.54 Å². The van der Waals surface area contributed by atoms with E-state index in [9.17, 15) is 9.59 Å². The zero-order chi connectivity index (χ0) is 17.4. The molecule has 3 atom stereocenters. The lowest BCUT2D eigenvalue weighted by atomic mass is 9.95. The summed E-state index contributed by atoms with van der Waals surface area (Å²) in [5, 5.41) is 15.2. The van der Waals surface area contributed by atoms with Crippen molar-refractivity contribution in [2.45, 2.75) is 37.5 Å². The first-order chi connectivity index (χ1) is 12.1. The lowest BCUT2D eigenvalue weighted by Gasteiger charge is -2.36. The van der Waals surface area contributed by atoms with Gasteiger partial charge in [-0.25, -0.2) is 4.79 Å². The number of hydrogen-bond acceptors (Lipinski definition) is 4. The number of rotatable bonds is 3. The van der Waals surface area contributed by atoms with Crippen molar-refractivity contribution in [1.29, 1.82) is 0 Å². The van der Waals surface area contributed by atoms with Crippen LogP contribution in [-0.2, 0) is 4.74 Å². The first-order valence-corrected chi connectivity index (χ1v) is 8.43. The van der Waals surface area contributed by atoms with Crippen LogP contribution < -0.4 is 0 Å². The largest absolute Gasteiger partial charge is 0.477 e. The number of benzene rings is 1. The van der Waals surface area contributed by atoms with Crippen molar-refractivity contribution in [2.24, 2.45) is 0 Å². The Bertz CT molecular complexity index is 789. The molecule has 4 rings (SSSR count). The third-order valence-electron chi connectivity index (χ3n) is 4.97. The van der Waals surface area contributed by atoms with Crippen molar-refractivity contribution < 1.29 is 19.4 Å². The molecular weight excluding hydrogens is 322 g/mol. The smallest absolute Gasteiger partial charge is 0.353 e. The normalized spacial score (nSPS) is 25.6. The molecule has 1 aromatic heterocycles. The Balaban J connectivity index is 1.54. The summed E-state index contributed by atoms with van der Waals surface area (Å²) in [6.45, 7) is 0.639. The molecule has 3 heterocycles. The molecular formula is C18H19N3O4. The van der Waals surface area contributed by atoms with Gasteiger partial charge in [0.25, 0.3) is 5.91 Å². The van der Waals surface area contributed by atoms with E-state index in [0.717, 1.165) is 24.8 Å². The van der Waals surface area contributed by atoms with Gasteiger partial charge in [0.05, 0.1) is 18.2 Å². The summed E-state index contributed by atoms with van der Waals surface area (Å²) in [7, 11) is 0. The molecule has 0 radical (unpaired) electrons. The molecule has 25 heavy (non-hydrogen) atoms. The SMILES string of the molecule is O=C(O)c1cc(C(=O)N2CCC[C@@H]3O[C@H](c4ccccc4)C[C@@H]32)n[nH]1. The highest BCUT2D eigenvalue weighted by Crippen LogP contribution is 2.40. The molecule has 0 aliphatic carbocycles. The molecule has 0 bridgehead atoms. The number of nitrogens with zero attached hydrogens (tertiary/aromatic N) is 2. The van der Waals surface area contributed by atoms with Crippen LogP contribution in [-0.4, -0.2) is 50.8 Å². The predicted molar refractivity (Wildman–Crippen MR) is 88.3 cm³/mol. The Kier molecular flexibility index (Phi) is 4.01. The minimum absolute atomic E-state index is 0.00330. The van der Waals surface area contributed by atoms with Gasteiger partial charge in [-0.15, -0.1) is 0 Å². The Morgan fingerprint density at radius 2 is 2.08 bits per heavy atom. The number of amides is 1. The molecule has 2 aliphatic heterocycles. The molecule has 2 aromatic rings. The van der Waals surface area contributed by atoms with E-state index in [-0.39, 0.29) is 35.5 Å². The van der Waals surface area contributed by atoms with Gasteiger partial charge in [0.1, 0.15) is 5.69 Å². The van der Waals surface area contributed by atoms with Crippen LogP contribution in [0.2, 0.25) is 0 Å². The maximum Gasteiger partial charge on any atom is 0.353 e. The number of carbonyl (C=O) groups excluding carboxylic acids is 1. The van der Waals surface area contributed by atoms with E-state index in [2.05, 4.69) is 10.2 Å². The number of likely N-dealkylation sites (tertiary alicyclic amines) is 1. The summed E-state index contributed by atoms with van der Waals surface area (Å²) >= 11 is 0. The Hall–Kier alpha value is -2.67. The van der Waals surface area contributed by atoms with Crippen LogP contribution in [0.1, 0.15) is 51.9 Å². The molecule has 2 N–H and O–H groups in total. The van der Waals surface area contributed by atoms with Crippen LogP contribution >= 0.6 is 0 Å². The molecule has 1 amide bonds. The molecule has 130 valence electrons. The second-order valence-electron chi connectivity index (χ2n) is 6.49. The number of carboxylic acids is 1. The number of aromatic nitrogens is 2. The van der Waals surface area contributed by atoms with E-state index in [4.69, 9.17) is 9.84 Å². The highest BCUT2D eigenvalue weighted by Gasteiger charge is 2.43. The highest BCUT2D eigenvalue weighted by molar-refractivity contribution is 5.95. The Morgan fingerprint density at radius 1 is 1.28 bits per heavy atom. The zero-order valence-corrected chi connectivity index (χ0v) is 13.6. The van der Waals surface area contributed by atoms with Crippen LogP contribution in [0.4, 0.5) is 0 Å². The van der Waals surface area contributed by atoms with Gasteiger partial charge in [-0.1, -0.05) is 30.3 Å². The van der Waals surface area contributed by atoms with E-state index in [0.29, 0.717) is 6.54 Å². The van der Waals surface area contributed by atoms with Crippen LogP contribution in [0.25, 0.3) is 0 Å². The topological polar surface area (TPSA) is 95.5 Å². The van der Waals surface area contributed by atoms with Gasteiger partial charge in [0.2, 0.25) is 0 Å². The van der Waals surface area contributed by atoms with Crippen LogP contribution in [0, 0.1) is 0 Å². The molecule has 0 saturated carbocycles. The third kappa shape index (κ3) is 2.91. The molecule has 2 aliphatic rings. The summed E-state index contributed by atoms with van der Waals surface area (Å²) in [4.78, 5) is 25.6. The maximum atomic E-state index is 12.8. The van der Waals surface area contributed by atoms with Crippen molar-refractivity contribution in [1.82, 2.24) is 15.1 Å². The number of aromatic carboxylic acids is 1. The fourth-order valence-electron chi connectivity index (χ4n) is 3.77. The number of carbonyl (C=O) groups is 2. The molecule has 2 saturated heterocycles. The van der Waals surface area contributed by atoms with E-state index < -0.39 is 5.97 Å². The molecule has 0 unspecified atom stereocenters. The Morgan fingerprint density at radius 3 is 2.80 bits per heavy atom. The van der Waals surface area contributed by atoms with Crippen molar-refractivity contribution in [3.8, 4) is 0 Å². The van der Waals surface area contributed by atoms with Crippen molar-refractivity contribution in [3.05, 3.63) is 53.3 Å². The predicted octanol–water partition coefficient (Wildman–Crippen LogP) is 2.24. The van der Waals surface area contributed by atoms with E-state index in [1.807, 2.05) is 30.3 Å². The van der Waals surface area contributed by atoms with Crippen LogP contribution in [0.5, 0.6) is 0 Å².